The van der Waals surface area contributed by atoms with Crippen LogP contribution < -0.4 is 5.32 Å². The van der Waals surface area contributed by atoms with Crippen molar-refractivity contribution in [3.63, 3.8) is 0 Å². The summed E-state index contributed by atoms with van der Waals surface area (Å²) in [7, 11) is 4.29. The predicted octanol–water partition coefficient (Wildman–Crippen LogP) is 0.374. The van der Waals surface area contributed by atoms with Gasteiger partial charge >= 0.3 is 0 Å². The van der Waals surface area contributed by atoms with Crippen LogP contribution in [-0.4, -0.2) is 62.2 Å². The highest BCUT2D eigenvalue weighted by atomic mass is 15.3. The van der Waals surface area contributed by atoms with Gasteiger partial charge < -0.3 is 10.2 Å². The number of nitrogens with one attached hydrogen (secondary N) is 1. The summed E-state index contributed by atoms with van der Waals surface area (Å²) in [4.78, 5) is 5.19. The fraction of sp³-hybridized carbons (Fsp3) is 1.00. The van der Waals surface area contributed by atoms with Gasteiger partial charge in [0.25, 0.3) is 0 Å². The fourth-order valence-electron chi connectivity index (χ4n) is 2.37. The molecule has 1 unspecified atom stereocenters. The molecule has 0 aromatic carbocycles. The van der Waals surface area contributed by atoms with Crippen LogP contribution in [0.1, 0.15) is 19.3 Å². The minimum atomic E-state index is 0.809. The maximum Gasteiger partial charge on any atom is 0.0232 e. The molecule has 2 aliphatic rings. The molecule has 3 heteroatoms. The van der Waals surface area contributed by atoms with Gasteiger partial charge in [0.05, 0.1) is 0 Å². The van der Waals surface area contributed by atoms with Gasteiger partial charge in [-0.3, -0.25) is 4.90 Å². The summed E-state index contributed by atoms with van der Waals surface area (Å²) in [6.45, 7) is 4.93. The average Bonchev–Trinajstić information content (AvgIpc) is 2.93. The number of nitrogens with zero attached hydrogens (tertiary/aromatic N) is 2. The number of likely N-dealkylation sites (tertiary alicyclic amines) is 1. The SMILES string of the molecule is CNCCN(C)C1CCN(C2CC2)C1. The van der Waals surface area contributed by atoms with Gasteiger partial charge in [0.1, 0.15) is 0 Å². The zero-order chi connectivity index (χ0) is 9.97. The van der Waals surface area contributed by atoms with Crippen molar-refractivity contribution in [1.29, 1.82) is 0 Å². The molecule has 0 aromatic rings. The molecule has 0 radical (unpaired) electrons. The molecule has 1 aliphatic heterocycles. The molecule has 1 atom stereocenters. The maximum absolute atomic E-state index is 3.21. The lowest BCUT2D eigenvalue weighted by atomic mass is 10.2. The minimum Gasteiger partial charge on any atom is -0.318 e. The molecule has 1 N–H and O–H groups in total. The van der Waals surface area contributed by atoms with Crippen LogP contribution in [0, 0.1) is 0 Å². The first-order chi connectivity index (χ1) is 6.81. The highest BCUT2D eigenvalue weighted by Gasteiger charge is 2.35. The first-order valence-electron chi connectivity index (χ1n) is 5.90. The molecule has 82 valence electrons. The van der Waals surface area contributed by atoms with Crippen molar-refractivity contribution in [3.05, 3.63) is 0 Å². The third-order valence-electron chi connectivity index (χ3n) is 3.60. The quantitative estimate of drug-likeness (QED) is 0.687. The van der Waals surface area contributed by atoms with Crippen molar-refractivity contribution in [3.8, 4) is 0 Å². The Morgan fingerprint density at radius 2 is 2.14 bits per heavy atom. The van der Waals surface area contributed by atoms with Crippen LogP contribution in [0.25, 0.3) is 0 Å². The van der Waals surface area contributed by atoms with Gasteiger partial charge in [-0.25, -0.2) is 0 Å². The van der Waals surface area contributed by atoms with E-state index in [0.29, 0.717) is 0 Å². The molecule has 0 spiro atoms. The van der Waals surface area contributed by atoms with Crippen molar-refractivity contribution < 1.29 is 0 Å². The summed E-state index contributed by atoms with van der Waals surface area (Å²) in [5.74, 6) is 0. The van der Waals surface area contributed by atoms with Crippen molar-refractivity contribution in [2.24, 2.45) is 0 Å². The molecule has 0 amide bonds. The van der Waals surface area contributed by atoms with Gasteiger partial charge in [-0.1, -0.05) is 0 Å². The molecule has 14 heavy (non-hydrogen) atoms. The van der Waals surface area contributed by atoms with Crippen LogP contribution in [0.15, 0.2) is 0 Å². The van der Waals surface area contributed by atoms with Crippen LogP contribution in [0.5, 0.6) is 0 Å². The molecule has 1 heterocycles. The second kappa shape index (κ2) is 4.60. The van der Waals surface area contributed by atoms with Gasteiger partial charge in [0.15, 0.2) is 0 Å². The number of rotatable bonds is 5. The average molecular weight is 197 g/mol. The predicted molar refractivity (Wildman–Crippen MR) is 59.6 cm³/mol. The zero-order valence-electron chi connectivity index (χ0n) is 9.50. The van der Waals surface area contributed by atoms with E-state index >= 15 is 0 Å². The van der Waals surface area contributed by atoms with Gasteiger partial charge in [0.2, 0.25) is 0 Å². The number of hydrogen-bond donors (Lipinski definition) is 1. The van der Waals surface area contributed by atoms with Gasteiger partial charge in [0, 0.05) is 38.3 Å². The van der Waals surface area contributed by atoms with Crippen molar-refractivity contribution in [2.75, 3.05) is 40.3 Å². The smallest absolute Gasteiger partial charge is 0.0232 e. The van der Waals surface area contributed by atoms with Crippen LogP contribution in [-0.2, 0) is 0 Å². The Morgan fingerprint density at radius 3 is 2.79 bits per heavy atom. The summed E-state index contributed by atoms with van der Waals surface area (Å²) in [5.41, 5.74) is 0. The molecule has 1 saturated heterocycles. The standard InChI is InChI=1S/C11H23N3/c1-12-6-8-13(2)11-5-7-14(9-11)10-3-4-10/h10-12H,3-9H2,1-2H3. The normalized spacial score (nSPS) is 28.9. The van der Waals surface area contributed by atoms with E-state index in [1.165, 1.54) is 38.9 Å². The summed E-state index contributed by atoms with van der Waals surface area (Å²) in [6.07, 6.45) is 4.27. The van der Waals surface area contributed by atoms with Crippen molar-refractivity contribution in [2.45, 2.75) is 31.3 Å². The van der Waals surface area contributed by atoms with E-state index in [4.69, 9.17) is 0 Å². The van der Waals surface area contributed by atoms with Crippen LogP contribution in [0.3, 0.4) is 0 Å². The summed E-state index contributed by atoms with van der Waals surface area (Å²) in [5, 5.41) is 3.21. The Bertz CT molecular complexity index is 179. The third-order valence-corrected chi connectivity index (χ3v) is 3.60. The molecular formula is C11H23N3. The Labute approximate surface area is 87.4 Å². The monoisotopic (exact) mass is 197 g/mol. The Balaban J connectivity index is 1.70. The van der Waals surface area contributed by atoms with E-state index in [-0.39, 0.29) is 0 Å². The summed E-state index contributed by atoms with van der Waals surface area (Å²) in [6, 6.07) is 1.77. The van der Waals surface area contributed by atoms with E-state index in [0.717, 1.165) is 18.6 Å². The van der Waals surface area contributed by atoms with Gasteiger partial charge in [-0.2, -0.15) is 0 Å². The Hall–Kier alpha value is -0.120. The summed E-state index contributed by atoms with van der Waals surface area (Å²) < 4.78 is 0. The number of hydrogen-bond acceptors (Lipinski definition) is 3. The van der Waals surface area contributed by atoms with E-state index in [2.05, 4.69) is 22.2 Å². The van der Waals surface area contributed by atoms with Gasteiger partial charge in [-0.05, 0) is 33.4 Å². The highest BCUT2D eigenvalue weighted by Crippen LogP contribution is 2.30. The molecule has 0 bridgehead atoms. The maximum atomic E-state index is 3.21. The van der Waals surface area contributed by atoms with E-state index < -0.39 is 0 Å². The second-order valence-corrected chi connectivity index (χ2v) is 4.75. The van der Waals surface area contributed by atoms with Crippen molar-refractivity contribution >= 4 is 0 Å². The Kier molecular flexibility index (Phi) is 3.42. The lowest BCUT2D eigenvalue weighted by molar-refractivity contribution is 0.230. The molecule has 2 rings (SSSR count). The highest BCUT2D eigenvalue weighted by molar-refractivity contribution is 4.92. The Morgan fingerprint density at radius 1 is 1.36 bits per heavy atom. The molecular weight excluding hydrogens is 174 g/mol. The molecule has 2 fully saturated rings. The first kappa shape index (κ1) is 10.4. The lowest BCUT2D eigenvalue weighted by Crippen LogP contribution is -2.38. The van der Waals surface area contributed by atoms with Crippen molar-refractivity contribution in [1.82, 2.24) is 15.1 Å². The first-order valence-corrected chi connectivity index (χ1v) is 5.90. The zero-order valence-corrected chi connectivity index (χ0v) is 9.50. The van der Waals surface area contributed by atoms with Gasteiger partial charge in [-0.15, -0.1) is 0 Å². The molecule has 3 nitrogen and oxygen atoms in total. The minimum absolute atomic E-state index is 0.809. The topological polar surface area (TPSA) is 18.5 Å². The lowest BCUT2D eigenvalue weighted by Gasteiger charge is -2.24. The fourth-order valence-corrected chi connectivity index (χ4v) is 2.37. The molecule has 1 aliphatic carbocycles. The second-order valence-electron chi connectivity index (χ2n) is 4.75. The number of likely N-dealkylation sites (N-methyl/N-ethyl adjacent to an activating group) is 2. The summed E-state index contributed by atoms with van der Waals surface area (Å²) >= 11 is 0. The largest absolute Gasteiger partial charge is 0.318 e. The van der Waals surface area contributed by atoms with E-state index in [1.807, 2.05) is 7.05 Å². The van der Waals surface area contributed by atoms with Crippen LogP contribution in [0.4, 0.5) is 0 Å². The van der Waals surface area contributed by atoms with E-state index in [9.17, 15) is 0 Å². The van der Waals surface area contributed by atoms with E-state index in [1.54, 1.807) is 0 Å². The van der Waals surface area contributed by atoms with Crippen LogP contribution in [0.2, 0.25) is 0 Å². The molecule has 1 saturated carbocycles. The van der Waals surface area contributed by atoms with Crippen LogP contribution >= 0.6 is 0 Å². The third kappa shape index (κ3) is 2.47. The molecule has 0 aromatic heterocycles.